The molecule has 0 aliphatic carbocycles. The van der Waals surface area contributed by atoms with Crippen molar-refractivity contribution in [3.63, 3.8) is 0 Å². The summed E-state index contributed by atoms with van der Waals surface area (Å²) in [7, 11) is 2.06. The Morgan fingerprint density at radius 1 is 1.45 bits per heavy atom. The van der Waals surface area contributed by atoms with E-state index in [1.165, 1.54) is 32.5 Å². The number of hydrogen-bond donors (Lipinski definition) is 1. The number of halogens is 1. The zero-order chi connectivity index (χ0) is 7.40. The summed E-state index contributed by atoms with van der Waals surface area (Å²) in [6.07, 6.45) is 2.65. The highest BCUT2D eigenvalue weighted by molar-refractivity contribution is 4.74. The topological polar surface area (TPSA) is 15.3 Å². The molecule has 2 nitrogen and oxygen atoms in total. The highest BCUT2D eigenvalue weighted by atomic mass is 19.0. The average Bonchev–Trinajstić information content (AvgIpc) is 2.05. The zero-order valence-corrected chi connectivity index (χ0v) is 7.47. The minimum absolute atomic E-state index is 0. The molecule has 0 amide bonds. The van der Waals surface area contributed by atoms with Gasteiger partial charge in [-0.05, 0) is 39.5 Å². The van der Waals surface area contributed by atoms with Gasteiger partial charge >= 0.3 is 0 Å². The monoisotopic (exact) mass is 164 g/mol. The lowest BCUT2D eigenvalue weighted by Gasteiger charge is -2.30. The SMILES string of the molecule is CCN1CCC(NC)CC1.F.[HH]. The van der Waals surface area contributed by atoms with Crippen LogP contribution >= 0.6 is 0 Å². The van der Waals surface area contributed by atoms with Crippen molar-refractivity contribution >= 4 is 0 Å². The van der Waals surface area contributed by atoms with E-state index in [-0.39, 0.29) is 6.13 Å². The van der Waals surface area contributed by atoms with E-state index in [9.17, 15) is 0 Å². The van der Waals surface area contributed by atoms with Crippen LogP contribution in [0.2, 0.25) is 0 Å². The number of likely N-dealkylation sites (tertiary alicyclic amines) is 1. The molecule has 0 aromatic rings. The number of piperidine rings is 1. The number of nitrogens with one attached hydrogen (secondary N) is 1. The fourth-order valence-corrected chi connectivity index (χ4v) is 1.54. The molecule has 1 heterocycles. The van der Waals surface area contributed by atoms with Crippen LogP contribution in [0.15, 0.2) is 0 Å². The Labute approximate surface area is 69.8 Å². The van der Waals surface area contributed by atoms with Crippen LogP contribution in [-0.2, 0) is 0 Å². The quantitative estimate of drug-likeness (QED) is 0.657. The van der Waals surface area contributed by atoms with Crippen LogP contribution in [0.5, 0.6) is 0 Å². The third kappa shape index (κ3) is 3.16. The lowest BCUT2D eigenvalue weighted by molar-refractivity contribution is 0.211. The Morgan fingerprint density at radius 3 is 2.36 bits per heavy atom. The molecule has 0 aromatic heterocycles. The second kappa shape index (κ2) is 5.49. The van der Waals surface area contributed by atoms with Gasteiger partial charge in [-0.3, -0.25) is 4.70 Å². The molecular weight excluding hydrogens is 143 g/mol. The van der Waals surface area contributed by atoms with Crippen molar-refractivity contribution in [3.05, 3.63) is 0 Å². The maximum Gasteiger partial charge on any atom is 0.00884 e. The first-order valence-electron chi connectivity index (χ1n) is 4.26. The van der Waals surface area contributed by atoms with E-state index in [1.807, 2.05) is 0 Å². The molecule has 1 aliphatic heterocycles. The van der Waals surface area contributed by atoms with Gasteiger partial charge in [0.05, 0.1) is 0 Å². The molecule has 0 aromatic carbocycles. The molecule has 1 fully saturated rings. The second-order valence-electron chi connectivity index (χ2n) is 3.00. The van der Waals surface area contributed by atoms with Crippen LogP contribution in [-0.4, -0.2) is 37.6 Å². The minimum atomic E-state index is 0. The maximum absolute atomic E-state index is 3.32. The van der Waals surface area contributed by atoms with E-state index in [0.717, 1.165) is 6.04 Å². The molecular formula is C8H21FN2. The average molecular weight is 164 g/mol. The molecule has 1 N–H and O–H groups in total. The third-order valence-electron chi connectivity index (χ3n) is 2.44. The van der Waals surface area contributed by atoms with E-state index >= 15 is 0 Å². The summed E-state index contributed by atoms with van der Waals surface area (Å²) in [6.45, 7) is 6.01. The molecule has 1 rings (SSSR count). The molecule has 11 heavy (non-hydrogen) atoms. The molecule has 0 saturated carbocycles. The molecule has 70 valence electrons. The van der Waals surface area contributed by atoms with Crippen molar-refractivity contribution in [2.45, 2.75) is 25.8 Å². The largest absolute Gasteiger partial charge is 0.317 e. The second-order valence-corrected chi connectivity index (χ2v) is 3.00. The van der Waals surface area contributed by atoms with E-state index in [1.54, 1.807) is 0 Å². The molecule has 0 radical (unpaired) electrons. The molecule has 3 heteroatoms. The van der Waals surface area contributed by atoms with Crippen molar-refractivity contribution in [1.82, 2.24) is 10.2 Å². The van der Waals surface area contributed by atoms with Gasteiger partial charge in [0, 0.05) is 7.47 Å². The Morgan fingerprint density at radius 2 is 2.00 bits per heavy atom. The van der Waals surface area contributed by atoms with E-state index in [4.69, 9.17) is 0 Å². The van der Waals surface area contributed by atoms with Crippen LogP contribution in [0.3, 0.4) is 0 Å². The van der Waals surface area contributed by atoms with Crippen molar-refractivity contribution in [3.8, 4) is 0 Å². The van der Waals surface area contributed by atoms with Crippen LogP contribution < -0.4 is 5.32 Å². The van der Waals surface area contributed by atoms with Crippen molar-refractivity contribution in [2.24, 2.45) is 0 Å². The summed E-state index contributed by atoms with van der Waals surface area (Å²) < 4.78 is 0. The van der Waals surface area contributed by atoms with Crippen LogP contribution in [0.4, 0.5) is 4.70 Å². The molecule has 0 bridgehead atoms. The van der Waals surface area contributed by atoms with Crippen molar-refractivity contribution in [1.29, 1.82) is 0 Å². The summed E-state index contributed by atoms with van der Waals surface area (Å²) >= 11 is 0. The zero-order valence-electron chi connectivity index (χ0n) is 7.47. The standard InChI is InChI=1S/C8H18N2.FH.H2/c1-3-10-6-4-8(9-2)5-7-10;;/h8-9H,3-7H2,1-2H3;2*1H. The molecule has 0 unspecified atom stereocenters. The molecule has 0 atom stereocenters. The van der Waals surface area contributed by atoms with Gasteiger partial charge in [-0.15, -0.1) is 0 Å². The van der Waals surface area contributed by atoms with Gasteiger partial charge in [-0.1, -0.05) is 6.92 Å². The number of rotatable bonds is 2. The van der Waals surface area contributed by atoms with Crippen LogP contribution in [0, 0.1) is 0 Å². The maximum atomic E-state index is 3.32. The summed E-state index contributed by atoms with van der Waals surface area (Å²) in [4.78, 5) is 2.51. The molecule has 1 aliphatic rings. The molecule has 1 saturated heterocycles. The first kappa shape index (κ1) is 10.8. The number of nitrogens with zero attached hydrogens (tertiary/aromatic N) is 1. The first-order valence-corrected chi connectivity index (χ1v) is 4.26. The highest BCUT2D eigenvalue weighted by Crippen LogP contribution is 2.08. The predicted molar refractivity (Wildman–Crippen MR) is 48.8 cm³/mol. The summed E-state index contributed by atoms with van der Waals surface area (Å²) in [6, 6.07) is 0.780. The fourth-order valence-electron chi connectivity index (χ4n) is 1.54. The lowest BCUT2D eigenvalue weighted by atomic mass is 10.1. The van der Waals surface area contributed by atoms with Gasteiger partial charge in [0.1, 0.15) is 0 Å². The summed E-state index contributed by atoms with van der Waals surface area (Å²) in [5.74, 6) is 0. The first-order chi connectivity index (χ1) is 4.86. The summed E-state index contributed by atoms with van der Waals surface area (Å²) in [5, 5.41) is 3.32. The Bertz CT molecular complexity index is 83.1. The number of hydrogen-bond acceptors (Lipinski definition) is 2. The van der Waals surface area contributed by atoms with Crippen LogP contribution in [0.1, 0.15) is 21.2 Å². The minimum Gasteiger partial charge on any atom is -0.317 e. The normalized spacial score (nSPS) is 21.3. The predicted octanol–water partition coefficient (Wildman–Crippen LogP) is 1.09. The van der Waals surface area contributed by atoms with Gasteiger partial charge in [-0.2, -0.15) is 0 Å². The lowest BCUT2D eigenvalue weighted by Crippen LogP contribution is -2.40. The van der Waals surface area contributed by atoms with E-state index in [0.29, 0.717) is 0 Å². The van der Waals surface area contributed by atoms with Crippen molar-refractivity contribution < 1.29 is 6.13 Å². The van der Waals surface area contributed by atoms with Gasteiger partial charge in [-0.25, -0.2) is 0 Å². The summed E-state index contributed by atoms with van der Waals surface area (Å²) in [5.41, 5.74) is 0. The Kier molecular flexibility index (Phi) is 5.42. The van der Waals surface area contributed by atoms with Gasteiger partial charge < -0.3 is 10.2 Å². The highest BCUT2D eigenvalue weighted by Gasteiger charge is 2.15. The van der Waals surface area contributed by atoms with Gasteiger partial charge in [0.2, 0.25) is 0 Å². The van der Waals surface area contributed by atoms with Gasteiger partial charge in [0.15, 0.2) is 0 Å². The Balaban J connectivity index is 0. The van der Waals surface area contributed by atoms with Crippen LogP contribution in [0.25, 0.3) is 0 Å². The fraction of sp³-hybridized carbons (Fsp3) is 1.00. The van der Waals surface area contributed by atoms with E-state index < -0.39 is 0 Å². The third-order valence-corrected chi connectivity index (χ3v) is 2.44. The smallest absolute Gasteiger partial charge is 0.00884 e. The van der Waals surface area contributed by atoms with Crippen molar-refractivity contribution in [2.75, 3.05) is 26.7 Å². The van der Waals surface area contributed by atoms with Gasteiger partial charge in [0.25, 0.3) is 0 Å². The molecule has 0 spiro atoms. The Hall–Kier alpha value is -0.150. The van der Waals surface area contributed by atoms with E-state index in [2.05, 4.69) is 24.2 Å².